The van der Waals surface area contributed by atoms with E-state index in [0.717, 1.165) is 29.6 Å². The largest absolute Gasteiger partial charge is 0.461 e. The van der Waals surface area contributed by atoms with Gasteiger partial charge in [0.15, 0.2) is 0 Å². The topological polar surface area (TPSA) is 83.4 Å². The molecule has 0 spiro atoms. The van der Waals surface area contributed by atoms with Crippen LogP contribution in [-0.2, 0) is 11.2 Å². The number of furan rings is 1. The van der Waals surface area contributed by atoms with E-state index in [0.29, 0.717) is 25.9 Å². The Labute approximate surface area is 134 Å². The molecule has 1 aliphatic rings. The van der Waals surface area contributed by atoms with E-state index in [2.05, 4.69) is 16.0 Å². The monoisotopic (exact) mass is 315 g/mol. The van der Waals surface area contributed by atoms with Gasteiger partial charge in [-0.2, -0.15) is 0 Å². The Hall–Kier alpha value is -2.50. The predicted molar refractivity (Wildman–Crippen MR) is 87.1 cm³/mol. The zero-order valence-electron chi connectivity index (χ0n) is 12.9. The van der Waals surface area contributed by atoms with Gasteiger partial charge < -0.3 is 20.4 Å². The highest BCUT2D eigenvalue weighted by atomic mass is 16.3. The van der Waals surface area contributed by atoms with Crippen molar-refractivity contribution in [1.82, 2.24) is 16.0 Å². The van der Waals surface area contributed by atoms with Crippen molar-refractivity contribution >= 4 is 22.9 Å². The molecule has 0 bridgehead atoms. The van der Waals surface area contributed by atoms with Crippen LogP contribution in [0, 0.1) is 0 Å². The molecular formula is C17H21N3O3. The minimum absolute atomic E-state index is 0.102. The van der Waals surface area contributed by atoms with Crippen LogP contribution in [0.4, 0.5) is 4.79 Å². The number of nitrogens with one attached hydrogen (secondary N) is 3. The van der Waals surface area contributed by atoms with Crippen LogP contribution >= 0.6 is 0 Å². The van der Waals surface area contributed by atoms with Crippen molar-refractivity contribution in [1.29, 1.82) is 0 Å². The van der Waals surface area contributed by atoms with Crippen molar-refractivity contribution in [3.8, 4) is 0 Å². The van der Waals surface area contributed by atoms with E-state index in [1.54, 1.807) is 0 Å². The van der Waals surface area contributed by atoms with Crippen molar-refractivity contribution in [3.63, 3.8) is 0 Å². The number of hydrogen-bond acceptors (Lipinski definition) is 3. The number of hydrogen-bond donors (Lipinski definition) is 3. The summed E-state index contributed by atoms with van der Waals surface area (Å²) in [4.78, 5) is 23.7. The van der Waals surface area contributed by atoms with Gasteiger partial charge in [-0.1, -0.05) is 18.2 Å². The van der Waals surface area contributed by atoms with Gasteiger partial charge >= 0.3 is 6.03 Å². The van der Waals surface area contributed by atoms with Gasteiger partial charge in [-0.05, 0) is 31.4 Å². The second-order valence-corrected chi connectivity index (χ2v) is 5.74. The van der Waals surface area contributed by atoms with Crippen molar-refractivity contribution in [2.24, 2.45) is 0 Å². The molecule has 1 saturated heterocycles. The van der Waals surface area contributed by atoms with E-state index in [9.17, 15) is 9.59 Å². The van der Waals surface area contributed by atoms with Gasteiger partial charge in [-0.25, -0.2) is 4.79 Å². The number of carbonyl (C=O) groups excluding carboxylic acids is 2. The third-order valence-corrected chi connectivity index (χ3v) is 3.97. The number of para-hydroxylation sites is 1. The molecule has 23 heavy (non-hydrogen) atoms. The quantitative estimate of drug-likeness (QED) is 0.806. The maximum Gasteiger partial charge on any atom is 0.315 e. The van der Waals surface area contributed by atoms with Crippen LogP contribution in [0.25, 0.3) is 11.0 Å². The van der Waals surface area contributed by atoms with Gasteiger partial charge in [0, 0.05) is 24.9 Å². The average Bonchev–Trinajstić information content (AvgIpc) is 2.85. The normalized spacial score (nSPS) is 18.3. The molecule has 0 saturated carbocycles. The van der Waals surface area contributed by atoms with Crippen LogP contribution in [-0.4, -0.2) is 31.1 Å². The third-order valence-electron chi connectivity index (χ3n) is 3.97. The second-order valence-electron chi connectivity index (χ2n) is 5.74. The number of benzene rings is 1. The summed E-state index contributed by atoms with van der Waals surface area (Å²) >= 11 is 0. The van der Waals surface area contributed by atoms with E-state index in [1.807, 2.05) is 30.3 Å². The van der Waals surface area contributed by atoms with Crippen molar-refractivity contribution < 1.29 is 14.0 Å². The molecule has 0 radical (unpaired) electrons. The molecule has 3 rings (SSSR count). The summed E-state index contributed by atoms with van der Waals surface area (Å²) in [6.07, 6.45) is 3.18. The highest BCUT2D eigenvalue weighted by Crippen LogP contribution is 2.18. The van der Waals surface area contributed by atoms with Crippen LogP contribution < -0.4 is 16.0 Å². The number of amides is 3. The van der Waals surface area contributed by atoms with Gasteiger partial charge in [0.2, 0.25) is 5.91 Å². The lowest BCUT2D eigenvalue weighted by molar-refractivity contribution is -0.122. The molecule has 3 N–H and O–H groups in total. The molecule has 1 aliphatic heterocycles. The first-order valence-electron chi connectivity index (χ1n) is 8.02. The average molecular weight is 315 g/mol. The summed E-state index contributed by atoms with van der Waals surface area (Å²) < 4.78 is 5.70. The van der Waals surface area contributed by atoms with Crippen molar-refractivity contribution in [3.05, 3.63) is 36.1 Å². The van der Waals surface area contributed by atoms with Gasteiger partial charge in [-0.15, -0.1) is 0 Å². The molecule has 1 fully saturated rings. The summed E-state index contributed by atoms with van der Waals surface area (Å²) in [7, 11) is 0. The summed E-state index contributed by atoms with van der Waals surface area (Å²) in [5, 5.41) is 9.36. The molecule has 1 atom stereocenters. The molecule has 1 aromatic heterocycles. The number of rotatable bonds is 4. The molecule has 6 nitrogen and oxygen atoms in total. The zero-order valence-corrected chi connectivity index (χ0v) is 12.9. The fourth-order valence-electron chi connectivity index (χ4n) is 2.75. The Morgan fingerprint density at radius 2 is 2.17 bits per heavy atom. The fourth-order valence-corrected chi connectivity index (χ4v) is 2.75. The molecule has 122 valence electrons. The lowest BCUT2D eigenvalue weighted by Gasteiger charge is -2.15. The first kappa shape index (κ1) is 15.4. The molecule has 6 heteroatoms. The van der Waals surface area contributed by atoms with Gasteiger partial charge in [0.05, 0.1) is 0 Å². The van der Waals surface area contributed by atoms with E-state index in [1.165, 1.54) is 0 Å². The Balaban J connectivity index is 1.46. The van der Waals surface area contributed by atoms with Crippen molar-refractivity contribution in [2.75, 3.05) is 13.1 Å². The zero-order chi connectivity index (χ0) is 16.1. The highest BCUT2D eigenvalue weighted by Gasteiger charge is 2.22. The summed E-state index contributed by atoms with van der Waals surface area (Å²) in [5.74, 6) is 0.730. The first-order chi connectivity index (χ1) is 11.2. The smallest absolute Gasteiger partial charge is 0.315 e. The van der Waals surface area contributed by atoms with Gasteiger partial charge in [0.25, 0.3) is 0 Å². The summed E-state index contributed by atoms with van der Waals surface area (Å²) in [6.45, 7) is 1.14. The Kier molecular flexibility index (Phi) is 4.80. The number of urea groups is 1. The van der Waals surface area contributed by atoms with Gasteiger partial charge in [-0.3, -0.25) is 4.79 Å². The maximum absolute atomic E-state index is 11.9. The van der Waals surface area contributed by atoms with Crippen LogP contribution in [0.2, 0.25) is 0 Å². The van der Waals surface area contributed by atoms with E-state index >= 15 is 0 Å². The molecule has 0 aliphatic carbocycles. The SMILES string of the molecule is O=C(NCCc1cc2ccccc2o1)N[C@@H]1CCCCNC1=O. The Morgan fingerprint density at radius 3 is 3.04 bits per heavy atom. The van der Waals surface area contributed by atoms with Crippen molar-refractivity contribution in [2.45, 2.75) is 31.7 Å². The Bertz CT molecular complexity index is 662. The maximum atomic E-state index is 11.9. The molecule has 3 amide bonds. The first-order valence-corrected chi connectivity index (χ1v) is 8.02. The standard InChI is InChI=1S/C17H21N3O3/c21-16-14(6-3-4-9-18-16)20-17(22)19-10-8-13-11-12-5-1-2-7-15(12)23-13/h1-2,5,7,11,14H,3-4,6,8-10H2,(H,18,21)(H2,19,20,22)/t14-/m1/s1. The van der Waals surface area contributed by atoms with Crippen LogP contribution in [0.5, 0.6) is 0 Å². The molecule has 2 heterocycles. The lowest BCUT2D eigenvalue weighted by atomic mass is 10.1. The Morgan fingerprint density at radius 1 is 1.30 bits per heavy atom. The second kappa shape index (κ2) is 7.17. The third kappa shape index (κ3) is 4.03. The molecular weight excluding hydrogens is 294 g/mol. The van der Waals surface area contributed by atoms with Crippen LogP contribution in [0.1, 0.15) is 25.0 Å². The minimum Gasteiger partial charge on any atom is -0.461 e. The lowest BCUT2D eigenvalue weighted by Crippen LogP contribution is -2.49. The molecule has 2 aromatic rings. The van der Waals surface area contributed by atoms with Gasteiger partial charge in [0.1, 0.15) is 17.4 Å². The fraction of sp³-hybridized carbons (Fsp3) is 0.412. The predicted octanol–water partition coefficient (Wildman–Crippen LogP) is 1.94. The number of fused-ring (bicyclic) bond motifs is 1. The highest BCUT2D eigenvalue weighted by molar-refractivity contribution is 5.87. The summed E-state index contributed by atoms with van der Waals surface area (Å²) in [6, 6.07) is 9.03. The molecule has 1 aromatic carbocycles. The van der Waals surface area contributed by atoms with E-state index in [4.69, 9.17) is 4.42 Å². The summed E-state index contributed by atoms with van der Waals surface area (Å²) in [5.41, 5.74) is 0.849. The van der Waals surface area contributed by atoms with E-state index < -0.39 is 6.04 Å². The number of carbonyl (C=O) groups is 2. The molecule has 0 unspecified atom stereocenters. The minimum atomic E-state index is -0.441. The van der Waals surface area contributed by atoms with E-state index in [-0.39, 0.29) is 11.9 Å². The van der Waals surface area contributed by atoms with Crippen LogP contribution in [0.15, 0.2) is 34.7 Å². The van der Waals surface area contributed by atoms with Crippen LogP contribution in [0.3, 0.4) is 0 Å².